The number of carbonyl (C=O) groups excluding carboxylic acids is 9. The number of carboxylic acids is 1. The number of nitrogens with one attached hydrogen (secondary N) is 10. The van der Waals surface area contributed by atoms with Crippen molar-refractivity contribution in [3.63, 3.8) is 0 Å². The first kappa shape index (κ1) is 76.8. The summed E-state index contributed by atoms with van der Waals surface area (Å²) in [5, 5.41) is 66.5. The number of phenols is 1. The van der Waals surface area contributed by atoms with Gasteiger partial charge in [0, 0.05) is 75.9 Å². The van der Waals surface area contributed by atoms with Gasteiger partial charge in [0.2, 0.25) is 47.3 Å². The number of amides is 10. The maximum absolute atomic E-state index is 14.3. The van der Waals surface area contributed by atoms with Crippen molar-refractivity contribution in [1.29, 1.82) is 0 Å². The highest BCUT2D eigenvalue weighted by Crippen LogP contribution is 2.33. The summed E-state index contributed by atoms with van der Waals surface area (Å²) in [7, 11) is 0. The number of hydrogen-bond acceptors (Lipinski definition) is 20. The summed E-state index contributed by atoms with van der Waals surface area (Å²) in [4.78, 5) is 139. The number of urea groups is 1. The van der Waals surface area contributed by atoms with Crippen molar-refractivity contribution >= 4 is 77.0 Å². The van der Waals surface area contributed by atoms with Gasteiger partial charge in [-0.3, -0.25) is 52.8 Å². The van der Waals surface area contributed by atoms with E-state index in [1.807, 2.05) is 11.8 Å². The molecular weight excluding hydrogens is 1250 g/mol. The Balaban J connectivity index is 1.19. The number of nitrogens with zero attached hydrogens (tertiary/aromatic N) is 4. The Morgan fingerprint density at radius 1 is 0.723 bits per heavy atom. The van der Waals surface area contributed by atoms with Crippen LogP contribution in [0.3, 0.4) is 0 Å². The van der Waals surface area contributed by atoms with E-state index in [0.717, 1.165) is 25.0 Å². The molecule has 3 aliphatic heterocycles. The molecule has 0 spiro atoms. The number of fused-ring (bicyclic) bond motifs is 3. The van der Waals surface area contributed by atoms with E-state index in [0.29, 0.717) is 81.6 Å². The number of aromatic hydroxyl groups is 1. The molecule has 4 heterocycles. The summed E-state index contributed by atoms with van der Waals surface area (Å²) in [5.41, 5.74) is 18.2. The lowest BCUT2D eigenvalue weighted by molar-refractivity contribution is -0.141. The summed E-state index contributed by atoms with van der Waals surface area (Å²) in [6.07, 6.45) is 3.53. The lowest BCUT2D eigenvalue weighted by atomic mass is 10.0. The van der Waals surface area contributed by atoms with E-state index in [2.05, 4.69) is 68.5 Å². The minimum absolute atomic E-state index is 0.00297. The van der Waals surface area contributed by atoms with Gasteiger partial charge in [-0.25, -0.2) is 4.79 Å². The SMILES string of the molecule is CC(C)C[C@@H]1NC(=O)[C@H](CC(=O)O)NC(=O)[C@H](Cc2ccc(O)cc2)NC(=O)[C@@H](N)Cc2cn(nn2)CCCC[C@@H](C(=O)NCCCOCCOCCOCCCNC(=O)CCCC[C@H]2SC[C@H]3NC(=O)N[C@H]32)NC(=O)[C@H](CCCN=C(N)N)NC(=O)[C@H]([C@H](C)O)NC1=O. The standard InChI is InChI=1S/C60H97N17O16S/c1-35(2)29-43-57(88)73-50(36(3)78)58(89)68-42(12-8-19-66-59(62)63)54(85)67-41(53(84)65-21-10-24-92-26-28-93-27-25-91-23-9-20-64-48(80)14-5-4-13-47-51-46(34-94-47)72-60(90)74-51)11-6-7-22-77-33-38(75-76-77)31-40(61)52(83)69-44(30-37-15-17-39(79)18-16-37)55(86)71-45(32-49(81)82)56(87)70-43/h15-18,33,35-36,40-47,50-51,78-79H,4-14,19-32,34,61H2,1-3H3,(H,64,80)(H,65,84)(H,67,85)(H,68,89)(H,69,83)(H,70,87)(H,71,86)(H,73,88)(H,81,82)(H4,62,63,66)(H2,72,74,90)/t36-,40-,41-,42-,43-,44-,45-,46+,47+,50-,51+/m0/s1. The molecule has 11 atom stereocenters. The fourth-order valence-electron chi connectivity index (χ4n) is 10.5. The van der Waals surface area contributed by atoms with Gasteiger partial charge < -0.3 is 99.9 Å². The third kappa shape index (κ3) is 28.3. The van der Waals surface area contributed by atoms with Crippen LogP contribution in [0.25, 0.3) is 0 Å². The van der Waals surface area contributed by atoms with Gasteiger partial charge in [-0.15, -0.1) is 5.10 Å². The summed E-state index contributed by atoms with van der Waals surface area (Å²) in [5.74, 6) is -7.58. The average molecular weight is 1340 g/mol. The molecule has 0 unspecified atom stereocenters. The van der Waals surface area contributed by atoms with Gasteiger partial charge in [-0.2, -0.15) is 11.8 Å². The van der Waals surface area contributed by atoms with Crippen LogP contribution < -0.4 is 70.4 Å². The number of nitrogens with two attached hydrogens (primary N) is 3. The van der Waals surface area contributed by atoms with Gasteiger partial charge in [0.25, 0.3) is 0 Å². The summed E-state index contributed by atoms with van der Waals surface area (Å²) < 4.78 is 18.5. The first-order valence-electron chi connectivity index (χ1n) is 32.1. The molecule has 2 bridgehead atoms. The third-order valence-electron chi connectivity index (χ3n) is 15.5. The molecule has 524 valence electrons. The van der Waals surface area contributed by atoms with E-state index >= 15 is 0 Å². The maximum atomic E-state index is 14.3. The second kappa shape index (κ2) is 41.0. The van der Waals surface area contributed by atoms with Gasteiger partial charge in [0.15, 0.2) is 5.96 Å². The molecule has 19 N–H and O–H groups in total. The van der Waals surface area contributed by atoms with Crippen LogP contribution in [0.1, 0.15) is 115 Å². The van der Waals surface area contributed by atoms with Crippen molar-refractivity contribution in [2.45, 2.75) is 189 Å². The highest BCUT2D eigenvalue weighted by Gasteiger charge is 2.43. The third-order valence-corrected chi connectivity index (χ3v) is 17.0. The summed E-state index contributed by atoms with van der Waals surface area (Å²) in [6, 6.07) is -4.50. The van der Waals surface area contributed by atoms with Crippen molar-refractivity contribution in [3.8, 4) is 5.75 Å². The van der Waals surface area contributed by atoms with Crippen LogP contribution in [0, 0.1) is 5.92 Å². The number of carbonyl (C=O) groups is 10. The predicted molar refractivity (Wildman–Crippen MR) is 344 cm³/mol. The molecular formula is C60H97N17O16S. The lowest BCUT2D eigenvalue weighted by Gasteiger charge is -2.29. The number of aliphatic hydroxyl groups excluding tert-OH is 1. The van der Waals surface area contributed by atoms with Crippen LogP contribution >= 0.6 is 11.8 Å². The number of aliphatic carboxylic acids is 1. The predicted octanol–water partition coefficient (Wildman–Crippen LogP) is -3.07. The number of ether oxygens (including phenoxy) is 3. The Morgan fingerprint density at radius 2 is 1.35 bits per heavy atom. The number of phenolic OH excluding ortho intramolecular Hbond substituents is 1. The largest absolute Gasteiger partial charge is 0.508 e. The van der Waals surface area contributed by atoms with Crippen LogP contribution in [-0.2, 0) is 76.7 Å². The van der Waals surface area contributed by atoms with Crippen molar-refractivity contribution in [2.75, 3.05) is 65.0 Å². The van der Waals surface area contributed by atoms with Gasteiger partial charge in [0.1, 0.15) is 42.0 Å². The molecule has 2 saturated heterocycles. The second-order valence-corrected chi connectivity index (χ2v) is 25.2. The van der Waals surface area contributed by atoms with Crippen molar-refractivity contribution in [1.82, 2.24) is 68.2 Å². The molecule has 33 nitrogen and oxygen atoms in total. The molecule has 2 aromatic rings. The zero-order valence-electron chi connectivity index (χ0n) is 53.8. The van der Waals surface area contributed by atoms with E-state index < -0.39 is 102 Å². The zero-order valence-corrected chi connectivity index (χ0v) is 54.6. The first-order valence-corrected chi connectivity index (χ1v) is 33.2. The number of benzene rings is 1. The highest BCUT2D eigenvalue weighted by molar-refractivity contribution is 8.00. The van der Waals surface area contributed by atoms with E-state index in [1.54, 1.807) is 20.0 Å². The van der Waals surface area contributed by atoms with E-state index in [-0.39, 0.29) is 113 Å². The molecule has 3 aliphatic rings. The number of thioether (sulfide) groups is 1. The normalized spacial score (nSPS) is 24.0. The maximum Gasteiger partial charge on any atom is 0.315 e. The fraction of sp³-hybridized carbons (Fsp3) is 0.683. The van der Waals surface area contributed by atoms with Crippen molar-refractivity contribution < 1.29 is 77.5 Å². The highest BCUT2D eigenvalue weighted by atomic mass is 32.2. The molecule has 94 heavy (non-hydrogen) atoms. The van der Waals surface area contributed by atoms with E-state index in [9.17, 15) is 63.3 Å². The minimum atomic E-state index is -1.84. The average Bonchev–Trinajstić information content (AvgIpc) is 1.65. The smallest absolute Gasteiger partial charge is 0.315 e. The van der Waals surface area contributed by atoms with Gasteiger partial charge >= 0.3 is 12.0 Å². The van der Waals surface area contributed by atoms with Gasteiger partial charge in [-0.05, 0) is 94.7 Å². The second-order valence-electron chi connectivity index (χ2n) is 23.9. The lowest BCUT2D eigenvalue weighted by Crippen LogP contribution is -2.62. The van der Waals surface area contributed by atoms with Crippen molar-refractivity contribution in [3.05, 3.63) is 41.7 Å². The van der Waals surface area contributed by atoms with Crippen molar-refractivity contribution in [2.24, 2.45) is 28.1 Å². The Bertz CT molecular complexity index is 2810. The van der Waals surface area contributed by atoms with E-state index in [4.69, 9.17) is 31.4 Å². The van der Waals surface area contributed by atoms with Crippen LogP contribution in [0.4, 0.5) is 4.79 Å². The van der Waals surface area contributed by atoms with Crippen LogP contribution in [0.5, 0.6) is 5.75 Å². The number of unbranched alkanes of at least 4 members (excludes halogenated alkanes) is 1. The Labute approximate surface area is 550 Å². The molecule has 2 fully saturated rings. The molecule has 10 amide bonds. The van der Waals surface area contributed by atoms with Crippen LogP contribution in [0.2, 0.25) is 0 Å². The summed E-state index contributed by atoms with van der Waals surface area (Å²) >= 11 is 1.86. The molecule has 1 aromatic heterocycles. The number of rotatable bonds is 31. The number of carboxylic acid groups (broad SMARTS) is 1. The van der Waals surface area contributed by atoms with Crippen LogP contribution in [0.15, 0.2) is 35.5 Å². The molecule has 1 aromatic carbocycles. The monoisotopic (exact) mass is 1340 g/mol. The fourth-order valence-corrected chi connectivity index (χ4v) is 12.1. The molecule has 0 aliphatic carbocycles. The zero-order chi connectivity index (χ0) is 68.5. The summed E-state index contributed by atoms with van der Waals surface area (Å²) in [6.45, 7) is 7.54. The van der Waals surface area contributed by atoms with E-state index in [1.165, 1.54) is 35.9 Å². The number of aryl methyl sites for hydroxylation is 1. The number of guanidine groups is 1. The van der Waals surface area contributed by atoms with Gasteiger partial charge in [-0.1, -0.05) is 37.6 Å². The number of hydrogen-bond donors (Lipinski definition) is 16. The van der Waals surface area contributed by atoms with Gasteiger partial charge in [0.05, 0.1) is 62.8 Å². The topological polar surface area (TPSA) is 501 Å². The Morgan fingerprint density at radius 3 is 2.02 bits per heavy atom. The quantitative estimate of drug-likeness (QED) is 0.0154. The number of aliphatic hydroxyl groups is 1. The minimum Gasteiger partial charge on any atom is -0.508 e. The molecule has 0 saturated carbocycles. The number of aromatic nitrogens is 3. The molecule has 0 radical (unpaired) electrons. The Kier molecular flexibility index (Phi) is 33.5. The molecule has 34 heteroatoms. The first-order chi connectivity index (χ1) is 44.9. The molecule has 5 rings (SSSR count). The van der Waals surface area contributed by atoms with Crippen LogP contribution in [-0.4, -0.2) is 226 Å². The Hall–Kier alpha value is -7.92. The number of aliphatic imine (C=N–C) groups is 1.